The van der Waals surface area contributed by atoms with E-state index in [1.807, 2.05) is 0 Å². The minimum absolute atomic E-state index is 1.13. The summed E-state index contributed by atoms with van der Waals surface area (Å²) < 4.78 is 4.51. The van der Waals surface area contributed by atoms with E-state index in [1.54, 1.807) is 0 Å². The number of hydrogen-bond acceptors (Lipinski definition) is 0. The molecule has 0 saturated heterocycles. The lowest BCUT2D eigenvalue weighted by Gasteiger charge is -2.11. The molecule has 0 radical (unpaired) electrons. The smallest absolute Gasteiger partial charge is 0.0250 e. The van der Waals surface area contributed by atoms with Gasteiger partial charge in [0, 0.05) is 17.7 Å². The number of halogens is 4. The van der Waals surface area contributed by atoms with Gasteiger partial charge in [0.05, 0.1) is 0 Å². The van der Waals surface area contributed by atoms with Crippen molar-refractivity contribution in [1.82, 2.24) is 0 Å². The Morgan fingerprint density at radius 2 is 0.786 bits per heavy atom. The molecular weight excluding hydrogens is 628 g/mol. The van der Waals surface area contributed by atoms with Crippen molar-refractivity contribution < 1.29 is 0 Å². The van der Waals surface area contributed by atoms with Gasteiger partial charge >= 0.3 is 0 Å². The number of hydrogen-bond donors (Lipinski definition) is 0. The summed E-state index contributed by atoms with van der Waals surface area (Å²) in [6.07, 6.45) is 0. The van der Waals surface area contributed by atoms with Crippen molar-refractivity contribution in [2.45, 2.75) is 17.7 Å². The second-order valence-electron chi connectivity index (χ2n) is 2.92. The minimum atomic E-state index is 1.13. The molecule has 0 aliphatic rings. The van der Waals surface area contributed by atoms with Crippen LogP contribution in [0, 0.1) is 0 Å². The third kappa shape index (κ3) is 3.57. The summed E-state index contributed by atoms with van der Waals surface area (Å²) in [6.45, 7) is 0. The van der Waals surface area contributed by atoms with Gasteiger partial charge in [0.1, 0.15) is 0 Å². The summed E-state index contributed by atoms with van der Waals surface area (Å²) in [4.78, 5) is 0. The molecule has 0 nitrogen and oxygen atoms in total. The summed E-state index contributed by atoms with van der Waals surface area (Å²) in [5, 5.41) is 0. The van der Waals surface area contributed by atoms with Gasteiger partial charge in [-0.2, -0.15) is 0 Å². The largest absolute Gasteiger partial charge is 0.0812 e. The van der Waals surface area contributed by atoms with E-state index in [9.17, 15) is 0 Å². The molecule has 4 heteroatoms. The highest BCUT2D eigenvalue weighted by atomic mass is 127. The van der Waals surface area contributed by atoms with Crippen LogP contribution in [0.3, 0.4) is 0 Å². The first kappa shape index (κ1) is 14.2. The predicted molar refractivity (Wildman–Crippen MR) is 97.3 cm³/mol. The molecule has 78 valence electrons. The molecule has 0 fully saturated rings. The first-order chi connectivity index (χ1) is 6.76. The highest BCUT2D eigenvalue weighted by molar-refractivity contribution is 14.1. The van der Waals surface area contributed by atoms with Gasteiger partial charge in [-0.3, -0.25) is 0 Å². The molecule has 0 atom stereocenters. The molecule has 0 heterocycles. The highest BCUT2D eigenvalue weighted by Crippen LogP contribution is 2.25. The monoisotopic (exact) mass is 638 g/mol. The van der Waals surface area contributed by atoms with Crippen molar-refractivity contribution in [3.8, 4) is 0 Å². The van der Waals surface area contributed by atoms with E-state index in [0.717, 1.165) is 17.7 Å². The predicted octanol–water partition coefficient (Wildman–Crippen LogP) is 5.43. The molecule has 0 aliphatic heterocycles. The Morgan fingerprint density at radius 3 is 0.929 bits per heavy atom. The van der Waals surface area contributed by atoms with Crippen molar-refractivity contribution in [1.29, 1.82) is 0 Å². The first-order valence-corrected chi connectivity index (χ1v) is 10.2. The Hall–Kier alpha value is 2.14. The molecule has 0 saturated carbocycles. The molecule has 0 N–H and O–H groups in total. The zero-order valence-electron chi connectivity index (χ0n) is 7.49. The van der Waals surface area contributed by atoms with Crippen LogP contribution in [0.2, 0.25) is 0 Å². The highest BCUT2D eigenvalue weighted by Gasteiger charge is 2.06. The van der Waals surface area contributed by atoms with Crippen molar-refractivity contribution in [3.63, 3.8) is 0 Å². The lowest BCUT2D eigenvalue weighted by Crippen LogP contribution is -1.95. The lowest BCUT2D eigenvalue weighted by molar-refractivity contribution is 1.22. The van der Waals surface area contributed by atoms with E-state index in [1.165, 1.54) is 22.3 Å². The van der Waals surface area contributed by atoms with Gasteiger partial charge in [0.15, 0.2) is 0 Å². The minimum Gasteiger partial charge on any atom is -0.0812 e. The maximum atomic E-state index is 2.45. The fourth-order valence-electron chi connectivity index (χ4n) is 1.29. The third-order valence-electron chi connectivity index (χ3n) is 2.10. The Balaban J connectivity index is 3.20. The van der Waals surface area contributed by atoms with Crippen molar-refractivity contribution in [2.75, 3.05) is 0 Å². The second-order valence-corrected chi connectivity index (χ2v) is 5.98. The third-order valence-corrected chi connectivity index (χ3v) is 5.38. The first-order valence-electron chi connectivity index (χ1n) is 4.14. The molecule has 0 aromatic heterocycles. The molecule has 14 heavy (non-hydrogen) atoms. The molecule has 0 unspecified atom stereocenters. The number of benzene rings is 1. The van der Waals surface area contributed by atoms with Crippen LogP contribution in [0.4, 0.5) is 0 Å². The van der Waals surface area contributed by atoms with Crippen LogP contribution in [0.5, 0.6) is 0 Å². The van der Waals surface area contributed by atoms with Gasteiger partial charge in [-0.1, -0.05) is 102 Å². The zero-order chi connectivity index (χ0) is 10.6. The molecule has 0 amide bonds. The second kappa shape index (κ2) is 7.46. The summed E-state index contributed by atoms with van der Waals surface area (Å²) in [5.41, 5.74) is 6.06. The van der Waals surface area contributed by atoms with Crippen LogP contribution in [0.25, 0.3) is 0 Å². The van der Waals surface area contributed by atoms with Gasteiger partial charge in [-0.25, -0.2) is 0 Å². The zero-order valence-corrected chi connectivity index (χ0v) is 16.1. The van der Waals surface area contributed by atoms with Crippen molar-refractivity contribution >= 4 is 90.4 Å². The fourth-order valence-corrected chi connectivity index (χ4v) is 4.13. The van der Waals surface area contributed by atoms with Gasteiger partial charge in [0.25, 0.3) is 0 Å². The Kier molecular flexibility index (Phi) is 7.57. The van der Waals surface area contributed by atoms with E-state index in [4.69, 9.17) is 0 Å². The SMILES string of the molecule is ICc1cc(CI)c(CI)cc1CI. The van der Waals surface area contributed by atoms with E-state index in [2.05, 4.69) is 102 Å². The summed E-state index contributed by atoms with van der Waals surface area (Å²) in [7, 11) is 0. The van der Waals surface area contributed by atoms with E-state index >= 15 is 0 Å². The van der Waals surface area contributed by atoms with Gasteiger partial charge in [-0.05, 0) is 22.3 Å². The molecule has 1 aromatic carbocycles. The van der Waals surface area contributed by atoms with Gasteiger partial charge in [-0.15, -0.1) is 0 Å². The van der Waals surface area contributed by atoms with Crippen LogP contribution in [0.15, 0.2) is 12.1 Å². The van der Waals surface area contributed by atoms with Crippen LogP contribution in [-0.4, -0.2) is 0 Å². The molecule has 0 aliphatic carbocycles. The Labute approximate surface area is 140 Å². The Morgan fingerprint density at radius 1 is 0.571 bits per heavy atom. The molecule has 1 rings (SSSR count). The van der Waals surface area contributed by atoms with Gasteiger partial charge in [0.2, 0.25) is 0 Å². The lowest BCUT2D eigenvalue weighted by atomic mass is 10.0. The van der Waals surface area contributed by atoms with Gasteiger partial charge < -0.3 is 0 Å². The molecule has 0 bridgehead atoms. The molecular formula is C10H10I4. The molecule has 0 spiro atoms. The average molecular weight is 638 g/mol. The number of rotatable bonds is 4. The maximum absolute atomic E-state index is 2.45. The van der Waals surface area contributed by atoms with E-state index in [-0.39, 0.29) is 0 Å². The summed E-state index contributed by atoms with van der Waals surface area (Å²) in [5.74, 6) is 0. The number of alkyl halides is 4. The fraction of sp³-hybridized carbons (Fsp3) is 0.400. The standard InChI is InChI=1S/C10H10I4/c11-3-7-1-8(4-12)10(6-14)2-9(7)5-13/h1-2H,3-6H2. The van der Waals surface area contributed by atoms with Crippen molar-refractivity contribution in [2.24, 2.45) is 0 Å². The van der Waals surface area contributed by atoms with Crippen LogP contribution < -0.4 is 0 Å². The average Bonchev–Trinajstić information content (AvgIpc) is 2.26. The quantitative estimate of drug-likeness (QED) is 0.306. The van der Waals surface area contributed by atoms with Crippen LogP contribution in [0.1, 0.15) is 22.3 Å². The van der Waals surface area contributed by atoms with E-state index in [0.29, 0.717) is 0 Å². The van der Waals surface area contributed by atoms with Crippen LogP contribution in [-0.2, 0) is 17.7 Å². The van der Waals surface area contributed by atoms with E-state index < -0.39 is 0 Å². The summed E-state index contributed by atoms with van der Waals surface area (Å²) in [6, 6.07) is 4.78. The topological polar surface area (TPSA) is 0 Å². The maximum Gasteiger partial charge on any atom is 0.0250 e. The van der Waals surface area contributed by atoms with Crippen molar-refractivity contribution in [3.05, 3.63) is 34.4 Å². The molecule has 1 aromatic rings. The Bertz CT molecular complexity index is 251. The normalized spacial score (nSPS) is 10.6. The summed E-state index contributed by atoms with van der Waals surface area (Å²) >= 11 is 9.81. The van der Waals surface area contributed by atoms with Crippen LogP contribution >= 0.6 is 90.4 Å².